The molecule has 0 saturated carbocycles. The van der Waals surface area contributed by atoms with E-state index in [1.54, 1.807) is 7.85 Å². The maximum Gasteiger partial charge on any atom is 0.193 e. The summed E-state index contributed by atoms with van der Waals surface area (Å²) in [5, 5.41) is 0. The van der Waals surface area contributed by atoms with Crippen molar-refractivity contribution < 1.29 is 4.79 Å². The van der Waals surface area contributed by atoms with E-state index in [1.807, 2.05) is 43.3 Å². The van der Waals surface area contributed by atoms with E-state index in [0.29, 0.717) is 0 Å². The molecule has 0 aliphatic carbocycles. The molecule has 0 atom stereocenters. The van der Waals surface area contributed by atoms with Crippen LogP contribution in [-0.2, 0) is 0 Å². The van der Waals surface area contributed by atoms with Crippen molar-refractivity contribution in [1.82, 2.24) is 0 Å². The molecule has 0 N–H and O–H groups in total. The lowest BCUT2D eigenvalue weighted by Gasteiger charge is -2.11. The van der Waals surface area contributed by atoms with E-state index in [1.165, 1.54) is 0 Å². The van der Waals surface area contributed by atoms with Gasteiger partial charge in [-0.1, -0.05) is 12.1 Å². The van der Waals surface area contributed by atoms with Crippen molar-refractivity contribution in [2.45, 2.75) is 0 Å². The smallest absolute Gasteiger partial charge is 0.193 e. The molecule has 0 fully saturated rings. The average molecular weight is 161 g/mol. The summed E-state index contributed by atoms with van der Waals surface area (Å²) >= 11 is 0. The van der Waals surface area contributed by atoms with Gasteiger partial charge in [-0.25, -0.2) is 0 Å². The van der Waals surface area contributed by atoms with E-state index >= 15 is 0 Å². The van der Waals surface area contributed by atoms with E-state index in [0.717, 1.165) is 11.3 Å². The van der Waals surface area contributed by atoms with Gasteiger partial charge in [0.1, 0.15) is 5.68 Å². The van der Waals surface area contributed by atoms with E-state index in [-0.39, 0.29) is 5.68 Å². The van der Waals surface area contributed by atoms with Crippen LogP contribution in [0.3, 0.4) is 0 Å². The molecule has 0 spiro atoms. The minimum Gasteiger partial charge on any atom is -0.378 e. The summed E-state index contributed by atoms with van der Waals surface area (Å²) in [5.41, 5.74) is 1.99. The molecule has 1 aromatic rings. The van der Waals surface area contributed by atoms with Crippen molar-refractivity contribution in [3.8, 4) is 0 Å². The van der Waals surface area contributed by atoms with Gasteiger partial charge >= 0.3 is 0 Å². The van der Waals surface area contributed by atoms with Crippen molar-refractivity contribution in [1.29, 1.82) is 0 Å². The minimum absolute atomic E-state index is 0.111. The Hall–Kier alpha value is -1.25. The summed E-state index contributed by atoms with van der Waals surface area (Å²) in [6.45, 7) is 0. The second-order valence-corrected chi connectivity index (χ2v) is 3.00. The van der Waals surface area contributed by atoms with E-state index in [4.69, 9.17) is 0 Å². The third kappa shape index (κ3) is 1.88. The fraction of sp³-hybridized carbons (Fsp3) is 0.222. The van der Waals surface area contributed by atoms with Crippen LogP contribution in [0.2, 0.25) is 0 Å². The predicted octanol–water partition coefficient (Wildman–Crippen LogP) is 0.526. The van der Waals surface area contributed by atoms with Gasteiger partial charge in [0.05, 0.1) is 0 Å². The fourth-order valence-electron chi connectivity index (χ4n) is 0.994. The topological polar surface area (TPSA) is 20.3 Å². The van der Waals surface area contributed by atoms with Crippen LogP contribution in [-0.4, -0.2) is 27.6 Å². The van der Waals surface area contributed by atoms with Crippen LogP contribution in [0.15, 0.2) is 24.3 Å². The molecule has 0 aliphatic heterocycles. The van der Waals surface area contributed by atoms with Crippen LogP contribution >= 0.6 is 0 Å². The van der Waals surface area contributed by atoms with Gasteiger partial charge in [0.25, 0.3) is 0 Å². The second kappa shape index (κ2) is 3.43. The Bertz CT molecular complexity index is 279. The van der Waals surface area contributed by atoms with Gasteiger partial charge in [0, 0.05) is 25.3 Å². The minimum atomic E-state index is 0.111. The highest BCUT2D eigenvalue weighted by molar-refractivity contribution is 6.62. The van der Waals surface area contributed by atoms with Gasteiger partial charge < -0.3 is 9.69 Å². The van der Waals surface area contributed by atoms with Gasteiger partial charge in [-0.2, -0.15) is 0 Å². The maximum atomic E-state index is 10.9. The van der Waals surface area contributed by atoms with Crippen LogP contribution < -0.4 is 4.90 Å². The van der Waals surface area contributed by atoms with Crippen LogP contribution in [0.1, 0.15) is 10.4 Å². The Labute approximate surface area is 73.6 Å². The van der Waals surface area contributed by atoms with Crippen molar-refractivity contribution in [3.63, 3.8) is 0 Å². The molecule has 62 valence electrons. The SMILES string of the molecule is BC(=O)c1ccc(N(C)C)cc1. The molecule has 0 aliphatic rings. The molecule has 0 heterocycles. The Morgan fingerprint density at radius 3 is 2.08 bits per heavy atom. The summed E-state index contributed by atoms with van der Waals surface area (Å²) < 4.78 is 0. The maximum absolute atomic E-state index is 10.9. The molecular weight excluding hydrogens is 149 g/mol. The lowest BCUT2D eigenvalue weighted by atomic mass is 9.95. The number of benzene rings is 1. The molecule has 1 aromatic carbocycles. The lowest BCUT2D eigenvalue weighted by molar-refractivity contribution is 0.108. The first-order valence-corrected chi connectivity index (χ1v) is 3.89. The number of hydrogen-bond donors (Lipinski definition) is 0. The highest BCUT2D eigenvalue weighted by atomic mass is 16.1. The molecule has 0 unspecified atom stereocenters. The molecule has 3 heteroatoms. The van der Waals surface area contributed by atoms with Crippen molar-refractivity contribution in [2.75, 3.05) is 19.0 Å². The largest absolute Gasteiger partial charge is 0.378 e. The first-order chi connectivity index (χ1) is 5.61. The molecule has 1 rings (SSSR count). The number of rotatable bonds is 2. The molecule has 0 saturated heterocycles. The standard InChI is InChI=1S/C9H12BNO/c1-11(2)8-5-3-7(4-6-8)9(10)12/h3-6H,10H2,1-2H3. The van der Waals surface area contributed by atoms with Gasteiger partial charge in [-0.05, 0) is 12.1 Å². The zero-order valence-corrected chi connectivity index (χ0v) is 7.66. The number of nitrogens with zero attached hydrogens (tertiary/aromatic N) is 1. The summed E-state index contributed by atoms with van der Waals surface area (Å²) in [6.07, 6.45) is 0. The molecule has 12 heavy (non-hydrogen) atoms. The van der Waals surface area contributed by atoms with E-state index in [2.05, 4.69) is 0 Å². The van der Waals surface area contributed by atoms with Gasteiger partial charge in [-0.3, -0.25) is 0 Å². The van der Waals surface area contributed by atoms with Crippen LogP contribution in [0.25, 0.3) is 0 Å². The zero-order valence-electron chi connectivity index (χ0n) is 7.66. The summed E-state index contributed by atoms with van der Waals surface area (Å²) in [5.74, 6) is 0. The monoisotopic (exact) mass is 161 g/mol. The highest BCUT2D eigenvalue weighted by Gasteiger charge is 1.98. The van der Waals surface area contributed by atoms with Gasteiger partial charge in [-0.15, -0.1) is 0 Å². The van der Waals surface area contributed by atoms with E-state index < -0.39 is 0 Å². The molecule has 2 nitrogen and oxygen atoms in total. The van der Waals surface area contributed by atoms with Crippen LogP contribution in [0, 0.1) is 0 Å². The second-order valence-electron chi connectivity index (χ2n) is 3.00. The number of anilines is 1. The number of carbonyl (C=O) groups excluding carboxylic acids is 1. The normalized spacial score (nSPS) is 9.50. The first kappa shape index (κ1) is 8.85. The Kier molecular flexibility index (Phi) is 2.53. The van der Waals surface area contributed by atoms with Gasteiger partial charge in [0.2, 0.25) is 0 Å². The third-order valence-corrected chi connectivity index (χ3v) is 1.79. The molecular formula is C9H12BNO. The zero-order chi connectivity index (χ0) is 9.14. The van der Waals surface area contributed by atoms with Crippen LogP contribution in [0.5, 0.6) is 0 Å². The fourth-order valence-corrected chi connectivity index (χ4v) is 0.994. The van der Waals surface area contributed by atoms with Gasteiger partial charge in [0.15, 0.2) is 7.85 Å². The Morgan fingerprint density at radius 1 is 1.25 bits per heavy atom. The van der Waals surface area contributed by atoms with Crippen LogP contribution in [0.4, 0.5) is 5.69 Å². The summed E-state index contributed by atoms with van der Waals surface area (Å²) in [4.78, 5) is 12.9. The molecule has 0 amide bonds. The summed E-state index contributed by atoms with van der Waals surface area (Å²) in [7, 11) is 5.52. The molecule has 0 aromatic heterocycles. The number of hydrogen-bond acceptors (Lipinski definition) is 2. The molecule has 0 radical (unpaired) electrons. The lowest BCUT2D eigenvalue weighted by Crippen LogP contribution is -2.08. The van der Waals surface area contributed by atoms with Crippen molar-refractivity contribution >= 4 is 19.2 Å². The number of carbonyl (C=O) groups is 1. The average Bonchev–Trinajstić information content (AvgIpc) is 2.04. The Balaban J connectivity index is 2.93. The Morgan fingerprint density at radius 2 is 1.75 bits per heavy atom. The van der Waals surface area contributed by atoms with E-state index in [9.17, 15) is 4.79 Å². The third-order valence-electron chi connectivity index (χ3n) is 1.79. The summed E-state index contributed by atoms with van der Waals surface area (Å²) in [6, 6.07) is 7.57. The quantitative estimate of drug-likeness (QED) is 0.589. The van der Waals surface area contributed by atoms with Crippen molar-refractivity contribution in [3.05, 3.63) is 29.8 Å². The predicted molar refractivity (Wildman–Crippen MR) is 53.6 cm³/mol. The van der Waals surface area contributed by atoms with Crippen molar-refractivity contribution in [2.24, 2.45) is 0 Å². The first-order valence-electron chi connectivity index (χ1n) is 3.89. The molecule has 0 bridgehead atoms. The highest BCUT2D eigenvalue weighted by Crippen LogP contribution is 2.11.